The van der Waals surface area contributed by atoms with Gasteiger partial charge in [0, 0.05) is 38.0 Å². The monoisotopic (exact) mass is 686 g/mol. The van der Waals surface area contributed by atoms with Crippen LogP contribution in [0.2, 0.25) is 0 Å². The maximum Gasteiger partial charge on any atom is 0.303 e. The van der Waals surface area contributed by atoms with Crippen LogP contribution in [-0.2, 0) is 37.0 Å². The van der Waals surface area contributed by atoms with E-state index in [0.29, 0.717) is 19.5 Å². The summed E-state index contributed by atoms with van der Waals surface area (Å²) >= 11 is 0. The molecule has 6 rings (SSSR count). The van der Waals surface area contributed by atoms with Crippen molar-refractivity contribution in [1.82, 2.24) is 10.2 Å². The molecule has 0 aliphatic carbocycles. The van der Waals surface area contributed by atoms with E-state index in [9.17, 15) is 14.7 Å². The zero-order valence-electron chi connectivity index (χ0n) is 29.6. The summed E-state index contributed by atoms with van der Waals surface area (Å²) in [5.74, 6) is -0.849. The maximum atomic E-state index is 12.5. The minimum absolute atomic E-state index is 0.00707. The van der Waals surface area contributed by atoms with Crippen molar-refractivity contribution in [3.05, 3.63) is 143 Å². The van der Waals surface area contributed by atoms with Crippen LogP contribution in [0.15, 0.2) is 115 Å². The number of nitrogens with zero attached hydrogens (tertiary/aromatic N) is 1. The van der Waals surface area contributed by atoms with E-state index >= 15 is 0 Å². The van der Waals surface area contributed by atoms with Crippen molar-refractivity contribution in [3.63, 3.8) is 0 Å². The summed E-state index contributed by atoms with van der Waals surface area (Å²) in [6, 6.07) is 39.3. The van der Waals surface area contributed by atoms with Gasteiger partial charge in [-0.05, 0) is 71.1 Å². The van der Waals surface area contributed by atoms with E-state index < -0.39 is 18.4 Å². The van der Waals surface area contributed by atoms with Crippen LogP contribution in [0.3, 0.4) is 0 Å². The highest BCUT2D eigenvalue weighted by molar-refractivity contribution is 5.84. The van der Waals surface area contributed by atoms with Crippen molar-refractivity contribution in [2.24, 2.45) is 0 Å². The van der Waals surface area contributed by atoms with Gasteiger partial charge in [0.1, 0.15) is 0 Å². The Morgan fingerprint density at radius 2 is 1.55 bits per heavy atom. The Labute approximate surface area is 300 Å². The standard InChI is InChI=1S/C43H46N2O6/c1-28(36-22-17-32-9-5-6-10-37(32)23-36)45(4)26-39-24-41(34-15-13-31(27-46)14-16-34)51-43(50-39)35-20-18-33(19-21-35)40-12-8-7-11-38(40)25-44-42(48)29(2)49-30(3)47/h5-23,28-29,39,41,43,46H,24-27H2,1-4H3,(H,44,48)/t28-,29+,39+,41-,43-/m1/s1. The van der Waals surface area contributed by atoms with Gasteiger partial charge in [0.25, 0.3) is 5.91 Å². The minimum atomic E-state index is -0.869. The van der Waals surface area contributed by atoms with Gasteiger partial charge in [-0.25, -0.2) is 0 Å². The molecule has 1 aliphatic rings. The second kappa shape index (κ2) is 16.4. The van der Waals surface area contributed by atoms with E-state index in [2.05, 4.69) is 66.7 Å². The first-order valence-electron chi connectivity index (χ1n) is 17.5. The molecule has 5 atom stereocenters. The number of esters is 1. The number of likely N-dealkylation sites (N-methyl/N-ethyl adjacent to an activating group) is 1. The molecule has 0 aromatic heterocycles. The number of rotatable bonds is 12. The number of carbonyl (C=O) groups is 2. The Morgan fingerprint density at radius 1 is 0.863 bits per heavy atom. The smallest absolute Gasteiger partial charge is 0.303 e. The predicted molar refractivity (Wildman–Crippen MR) is 198 cm³/mol. The number of ether oxygens (including phenoxy) is 3. The molecule has 5 aromatic rings. The molecular weight excluding hydrogens is 640 g/mol. The lowest BCUT2D eigenvalue weighted by atomic mass is 9.97. The van der Waals surface area contributed by atoms with Gasteiger partial charge in [0.15, 0.2) is 12.4 Å². The Kier molecular flexibility index (Phi) is 11.6. The van der Waals surface area contributed by atoms with Crippen LogP contribution in [0.5, 0.6) is 0 Å². The molecule has 0 unspecified atom stereocenters. The van der Waals surface area contributed by atoms with Crippen LogP contribution in [0.4, 0.5) is 0 Å². The lowest BCUT2D eigenvalue weighted by Gasteiger charge is -2.39. The van der Waals surface area contributed by atoms with Gasteiger partial charge < -0.3 is 24.6 Å². The normalized spacial score (nSPS) is 18.7. The summed E-state index contributed by atoms with van der Waals surface area (Å²) in [7, 11) is 2.14. The van der Waals surface area contributed by atoms with Crippen molar-refractivity contribution >= 4 is 22.6 Å². The van der Waals surface area contributed by atoms with Crippen molar-refractivity contribution in [3.8, 4) is 11.1 Å². The molecule has 1 amide bonds. The van der Waals surface area contributed by atoms with Gasteiger partial charge >= 0.3 is 5.97 Å². The SMILES string of the molecule is CC(=O)O[C@@H](C)C(=O)NCc1ccccc1-c1ccc([C@@H]2O[C@H](CN(C)[C@H](C)c3ccc4ccccc4c3)C[C@H](c3ccc(CO)cc3)O2)cc1. The minimum Gasteiger partial charge on any atom is -0.453 e. The quantitative estimate of drug-likeness (QED) is 0.129. The van der Waals surface area contributed by atoms with Gasteiger partial charge in [-0.2, -0.15) is 0 Å². The number of carbonyl (C=O) groups excluding carboxylic acids is 2. The third-order valence-electron chi connectivity index (χ3n) is 9.70. The summed E-state index contributed by atoms with van der Waals surface area (Å²) < 4.78 is 18.3. The molecule has 8 heteroatoms. The molecular formula is C43H46N2O6. The number of amides is 1. The Morgan fingerprint density at radius 3 is 2.27 bits per heavy atom. The Bertz CT molecular complexity index is 1940. The van der Waals surface area contributed by atoms with Crippen LogP contribution in [0, 0.1) is 0 Å². The predicted octanol–water partition coefficient (Wildman–Crippen LogP) is 7.81. The average molecular weight is 687 g/mol. The van der Waals surface area contributed by atoms with E-state index in [4.69, 9.17) is 14.2 Å². The molecule has 51 heavy (non-hydrogen) atoms. The molecule has 1 saturated heterocycles. The number of aliphatic hydroxyl groups excluding tert-OH is 1. The molecule has 0 bridgehead atoms. The summed E-state index contributed by atoms with van der Waals surface area (Å²) in [5, 5.41) is 14.9. The van der Waals surface area contributed by atoms with E-state index in [1.807, 2.05) is 72.8 Å². The van der Waals surface area contributed by atoms with Crippen LogP contribution in [0.1, 0.15) is 73.4 Å². The second-order valence-electron chi connectivity index (χ2n) is 13.3. The highest BCUT2D eigenvalue weighted by atomic mass is 16.7. The largest absolute Gasteiger partial charge is 0.453 e. The fourth-order valence-corrected chi connectivity index (χ4v) is 6.64. The molecule has 0 radical (unpaired) electrons. The zero-order chi connectivity index (χ0) is 35.9. The number of hydrogen-bond donors (Lipinski definition) is 2. The average Bonchev–Trinajstić information content (AvgIpc) is 3.16. The van der Waals surface area contributed by atoms with Gasteiger partial charge in [-0.15, -0.1) is 0 Å². The molecule has 1 fully saturated rings. The lowest BCUT2D eigenvalue weighted by molar-refractivity contribution is -0.253. The first-order valence-corrected chi connectivity index (χ1v) is 17.5. The molecule has 2 N–H and O–H groups in total. The van der Waals surface area contributed by atoms with Crippen molar-refractivity contribution in [1.29, 1.82) is 0 Å². The van der Waals surface area contributed by atoms with Gasteiger partial charge in [-0.3, -0.25) is 14.5 Å². The molecule has 8 nitrogen and oxygen atoms in total. The number of benzene rings is 5. The first kappa shape index (κ1) is 35.9. The van der Waals surface area contributed by atoms with E-state index in [-0.39, 0.29) is 30.8 Å². The van der Waals surface area contributed by atoms with E-state index in [0.717, 1.165) is 33.4 Å². The Hall–Kier alpha value is -4.86. The summed E-state index contributed by atoms with van der Waals surface area (Å²) in [4.78, 5) is 26.1. The molecule has 0 saturated carbocycles. The van der Waals surface area contributed by atoms with Crippen LogP contribution in [-0.4, -0.2) is 47.7 Å². The van der Waals surface area contributed by atoms with Crippen molar-refractivity contribution < 1.29 is 28.9 Å². The van der Waals surface area contributed by atoms with Crippen molar-refractivity contribution in [2.75, 3.05) is 13.6 Å². The fraction of sp³-hybridized carbons (Fsp3) is 0.302. The number of nitrogens with one attached hydrogen (secondary N) is 1. The molecule has 1 heterocycles. The molecule has 1 aliphatic heterocycles. The third-order valence-corrected chi connectivity index (χ3v) is 9.70. The molecule has 5 aromatic carbocycles. The van der Waals surface area contributed by atoms with Gasteiger partial charge in [0.05, 0.1) is 18.8 Å². The maximum absolute atomic E-state index is 12.5. The number of hydrogen-bond acceptors (Lipinski definition) is 7. The Balaban J connectivity index is 1.19. The topological polar surface area (TPSA) is 97.3 Å². The van der Waals surface area contributed by atoms with Gasteiger partial charge in [0.2, 0.25) is 0 Å². The second-order valence-corrected chi connectivity index (χ2v) is 13.3. The summed E-state index contributed by atoms with van der Waals surface area (Å²) in [6.45, 7) is 6.07. The first-order chi connectivity index (χ1) is 24.7. The molecule has 264 valence electrons. The fourth-order valence-electron chi connectivity index (χ4n) is 6.64. The van der Waals surface area contributed by atoms with Crippen LogP contribution < -0.4 is 5.32 Å². The van der Waals surface area contributed by atoms with Gasteiger partial charge in [-0.1, -0.05) is 109 Å². The van der Waals surface area contributed by atoms with Crippen LogP contribution in [0.25, 0.3) is 21.9 Å². The number of fused-ring (bicyclic) bond motifs is 1. The third kappa shape index (κ3) is 8.90. The van der Waals surface area contributed by atoms with Crippen LogP contribution >= 0.6 is 0 Å². The number of aliphatic hydroxyl groups is 1. The van der Waals surface area contributed by atoms with E-state index in [1.165, 1.54) is 23.3 Å². The summed E-state index contributed by atoms with van der Waals surface area (Å²) in [6.07, 6.45) is -1.05. The highest BCUT2D eigenvalue weighted by Crippen LogP contribution is 2.39. The van der Waals surface area contributed by atoms with E-state index in [1.54, 1.807) is 6.92 Å². The molecule has 0 spiro atoms. The summed E-state index contributed by atoms with van der Waals surface area (Å²) in [5.41, 5.74) is 6.98. The lowest BCUT2D eigenvalue weighted by Crippen LogP contribution is -2.38. The highest BCUT2D eigenvalue weighted by Gasteiger charge is 2.33. The van der Waals surface area contributed by atoms with Crippen molar-refractivity contribution in [2.45, 2.75) is 71.0 Å². The zero-order valence-corrected chi connectivity index (χ0v) is 29.6.